The molecular weight excluding hydrogens is 404 g/mol. The first kappa shape index (κ1) is 20.3. The summed E-state index contributed by atoms with van der Waals surface area (Å²) in [4.78, 5) is 19.1. The SMILES string of the molecule is CCOc1cc(/C=C(\C#N)c2nc3cc(Cl)ccc3c(=O)[nH]2)ccc1OC(F)F. The molecule has 9 heteroatoms. The van der Waals surface area contributed by atoms with E-state index in [1.807, 2.05) is 6.07 Å². The van der Waals surface area contributed by atoms with Crippen LogP contribution in [0.4, 0.5) is 8.78 Å². The third kappa shape index (κ3) is 4.70. The summed E-state index contributed by atoms with van der Waals surface area (Å²) in [5.74, 6) is 0.0353. The van der Waals surface area contributed by atoms with E-state index in [4.69, 9.17) is 16.3 Å². The number of benzene rings is 2. The molecule has 1 aromatic heterocycles. The first-order valence-electron chi connectivity index (χ1n) is 8.44. The van der Waals surface area contributed by atoms with Gasteiger partial charge in [-0.2, -0.15) is 14.0 Å². The molecule has 0 amide bonds. The fraction of sp³-hybridized carbons (Fsp3) is 0.150. The molecule has 1 N–H and O–H groups in total. The van der Waals surface area contributed by atoms with Gasteiger partial charge in [0.15, 0.2) is 17.3 Å². The van der Waals surface area contributed by atoms with E-state index >= 15 is 0 Å². The van der Waals surface area contributed by atoms with Crippen LogP contribution < -0.4 is 15.0 Å². The van der Waals surface area contributed by atoms with Gasteiger partial charge < -0.3 is 14.5 Å². The summed E-state index contributed by atoms with van der Waals surface area (Å²) < 4.78 is 34.8. The Hall–Kier alpha value is -3.44. The Bertz CT molecular complexity index is 1190. The minimum absolute atomic E-state index is 0.0538. The van der Waals surface area contributed by atoms with Crippen LogP contribution in [0.25, 0.3) is 22.6 Å². The molecule has 0 saturated heterocycles. The Morgan fingerprint density at radius 1 is 1.31 bits per heavy atom. The van der Waals surface area contributed by atoms with Gasteiger partial charge >= 0.3 is 6.61 Å². The molecule has 3 rings (SSSR count). The zero-order chi connectivity index (χ0) is 21.0. The highest BCUT2D eigenvalue weighted by atomic mass is 35.5. The van der Waals surface area contributed by atoms with Crippen LogP contribution in [0.5, 0.6) is 11.5 Å². The molecule has 0 aliphatic carbocycles. The second-order valence-electron chi connectivity index (χ2n) is 5.76. The number of H-pyrrole nitrogens is 1. The molecule has 0 aliphatic heterocycles. The summed E-state index contributed by atoms with van der Waals surface area (Å²) in [5.41, 5.74) is 0.459. The number of hydrogen-bond acceptors (Lipinski definition) is 5. The predicted molar refractivity (Wildman–Crippen MR) is 105 cm³/mol. The molecule has 29 heavy (non-hydrogen) atoms. The van der Waals surface area contributed by atoms with Crippen molar-refractivity contribution in [2.24, 2.45) is 0 Å². The van der Waals surface area contributed by atoms with Gasteiger partial charge in [-0.15, -0.1) is 0 Å². The molecule has 0 bridgehead atoms. The number of alkyl halides is 2. The number of allylic oxidation sites excluding steroid dienone is 1. The molecule has 0 fully saturated rings. The van der Waals surface area contributed by atoms with Crippen LogP contribution in [0.1, 0.15) is 18.3 Å². The fourth-order valence-corrected chi connectivity index (χ4v) is 2.80. The van der Waals surface area contributed by atoms with Crippen LogP contribution in [-0.4, -0.2) is 23.2 Å². The van der Waals surface area contributed by atoms with Gasteiger partial charge in [0.2, 0.25) is 0 Å². The zero-order valence-electron chi connectivity index (χ0n) is 15.1. The third-order valence-electron chi connectivity index (χ3n) is 3.84. The van der Waals surface area contributed by atoms with Gasteiger partial charge in [0, 0.05) is 5.02 Å². The third-order valence-corrected chi connectivity index (χ3v) is 4.07. The second kappa shape index (κ2) is 8.71. The van der Waals surface area contributed by atoms with Crippen molar-refractivity contribution >= 4 is 34.2 Å². The number of nitriles is 1. The molecule has 2 aromatic carbocycles. The van der Waals surface area contributed by atoms with Crippen LogP contribution in [-0.2, 0) is 0 Å². The monoisotopic (exact) mass is 417 g/mol. The van der Waals surface area contributed by atoms with Crippen molar-refractivity contribution in [1.29, 1.82) is 5.26 Å². The number of nitrogens with zero attached hydrogens (tertiary/aromatic N) is 2. The van der Waals surface area contributed by atoms with E-state index in [9.17, 15) is 18.8 Å². The maximum absolute atomic E-state index is 12.5. The molecular formula is C20H14ClF2N3O3. The van der Waals surface area contributed by atoms with Gasteiger partial charge in [-0.3, -0.25) is 4.79 Å². The van der Waals surface area contributed by atoms with Gasteiger partial charge in [-0.05, 0) is 48.9 Å². The standard InChI is InChI=1S/C20H14ClF2N3O3/c1-2-28-17-8-11(3-6-16(17)29-20(22)23)7-12(10-24)18-25-15-9-13(21)4-5-14(15)19(27)26-18/h3-9,20H,2H2,1H3,(H,25,26,27)/b12-7+. The molecule has 3 aromatic rings. The molecule has 148 valence electrons. The zero-order valence-corrected chi connectivity index (χ0v) is 15.8. The van der Waals surface area contributed by atoms with Gasteiger partial charge in [0.1, 0.15) is 6.07 Å². The average Bonchev–Trinajstić information content (AvgIpc) is 2.67. The number of hydrogen-bond donors (Lipinski definition) is 1. The molecule has 0 aliphatic rings. The molecule has 0 saturated carbocycles. The fourth-order valence-electron chi connectivity index (χ4n) is 2.64. The average molecular weight is 418 g/mol. The van der Waals surface area contributed by atoms with E-state index in [0.717, 1.165) is 0 Å². The largest absolute Gasteiger partial charge is 0.490 e. The van der Waals surface area contributed by atoms with Crippen molar-refractivity contribution in [3.63, 3.8) is 0 Å². The smallest absolute Gasteiger partial charge is 0.387 e. The van der Waals surface area contributed by atoms with Crippen molar-refractivity contribution in [2.75, 3.05) is 6.61 Å². The summed E-state index contributed by atoms with van der Waals surface area (Å²) in [6.45, 7) is -1.06. The molecule has 0 radical (unpaired) electrons. The number of nitrogens with one attached hydrogen (secondary N) is 1. The lowest BCUT2D eigenvalue weighted by molar-refractivity contribution is -0.0514. The molecule has 0 atom stereocenters. The highest BCUT2D eigenvalue weighted by molar-refractivity contribution is 6.31. The van der Waals surface area contributed by atoms with Crippen LogP contribution in [0.3, 0.4) is 0 Å². The van der Waals surface area contributed by atoms with Crippen LogP contribution in [0, 0.1) is 11.3 Å². The molecule has 0 unspecified atom stereocenters. The van der Waals surface area contributed by atoms with Crippen LogP contribution in [0.2, 0.25) is 5.02 Å². The van der Waals surface area contributed by atoms with Gasteiger partial charge in [-0.1, -0.05) is 17.7 Å². The molecule has 0 spiro atoms. The number of ether oxygens (including phenoxy) is 2. The number of aromatic nitrogens is 2. The van der Waals surface area contributed by atoms with E-state index in [1.54, 1.807) is 19.1 Å². The predicted octanol–water partition coefficient (Wildman–Crippen LogP) is 4.64. The van der Waals surface area contributed by atoms with E-state index in [-0.39, 0.29) is 29.5 Å². The quantitative estimate of drug-likeness (QED) is 0.590. The van der Waals surface area contributed by atoms with Crippen molar-refractivity contribution in [3.8, 4) is 17.6 Å². The normalized spacial score (nSPS) is 11.5. The highest BCUT2D eigenvalue weighted by Crippen LogP contribution is 2.31. The van der Waals surface area contributed by atoms with Crippen molar-refractivity contribution in [2.45, 2.75) is 13.5 Å². The van der Waals surface area contributed by atoms with Crippen molar-refractivity contribution in [3.05, 3.63) is 63.2 Å². The van der Waals surface area contributed by atoms with Gasteiger partial charge in [-0.25, -0.2) is 4.98 Å². The summed E-state index contributed by atoms with van der Waals surface area (Å²) >= 11 is 5.95. The number of fused-ring (bicyclic) bond motifs is 1. The lowest BCUT2D eigenvalue weighted by atomic mass is 10.1. The second-order valence-corrected chi connectivity index (χ2v) is 6.20. The summed E-state index contributed by atoms with van der Waals surface area (Å²) in [6.07, 6.45) is 1.45. The lowest BCUT2D eigenvalue weighted by Crippen LogP contribution is -2.11. The first-order chi connectivity index (χ1) is 13.9. The minimum Gasteiger partial charge on any atom is -0.490 e. The van der Waals surface area contributed by atoms with Gasteiger partial charge in [0.05, 0.1) is 23.1 Å². The highest BCUT2D eigenvalue weighted by Gasteiger charge is 2.13. The Kier molecular flexibility index (Phi) is 6.10. The Balaban J connectivity index is 2.06. The Morgan fingerprint density at radius 3 is 2.79 bits per heavy atom. The molecule has 6 nitrogen and oxygen atoms in total. The minimum atomic E-state index is -3.00. The topological polar surface area (TPSA) is 88.0 Å². The van der Waals surface area contributed by atoms with Gasteiger partial charge in [0.25, 0.3) is 5.56 Å². The first-order valence-corrected chi connectivity index (χ1v) is 8.82. The molecule has 1 heterocycles. The summed E-state index contributed by atoms with van der Waals surface area (Å²) in [5, 5.41) is 10.3. The summed E-state index contributed by atoms with van der Waals surface area (Å²) in [6, 6.07) is 10.9. The maximum Gasteiger partial charge on any atom is 0.387 e. The lowest BCUT2D eigenvalue weighted by Gasteiger charge is -2.12. The maximum atomic E-state index is 12.5. The number of halogens is 3. The summed E-state index contributed by atoms with van der Waals surface area (Å²) in [7, 11) is 0. The van der Waals surface area contributed by atoms with Crippen molar-refractivity contribution in [1.82, 2.24) is 9.97 Å². The van der Waals surface area contributed by atoms with E-state index < -0.39 is 12.2 Å². The van der Waals surface area contributed by atoms with E-state index in [2.05, 4.69) is 14.7 Å². The van der Waals surface area contributed by atoms with E-state index in [1.165, 1.54) is 30.3 Å². The number of aromatic amines is 1. The number of rotatable bonds is 6. The van der Waals surface area contributed by atoms with Crippen LogP contribution in [0.15, 0.2) is 41.2 Å². The van der Waals surface area contributed by atoms with E-state index in [0.29, 0.717) is 21.5 Å². The Labute approximate surface area is 169 Å². The Morgan fingerprint density at radius 2 is 2.10 bits per heavy atom. The van der Waals surface area contributed by atoms with Crippen molar-refractivity contribution < 1.29 is 18.3 Å². The van der Waals surface area contributed by atoms with Crippen LogP contribution >= 0.6 is 11.6 Å².